The topological polar surface area (TPSA) is 131 Å². The molecule has 0 radical (unpaired) electrons. The van der Waals surface area contributed by atoms with E-state index in [0.717, 1.165) is 35.5 Å². The van der Waals surface area contributed by atoms with Crippen molar-refractivity contribution in [1.29, 1.82) is 0 Å². The first-order valence-electron chi connectivity index (χ1n) is 13.5. The molecule has 0 spiro atoms. The molecule has 2 aliphatic heterocycles. The van der Waals surface area contributed by atoms with Gasteiger partial charge in [0.25, 0.3) is 11.8 Å². The van der Waals surface area contributed by atoms with Crippen LogP contribution >= 0.6 is 11.3 Å². The van der Waals surface area contributed by atoms with Crippen LogP contribution in [0.4, 0.5) is 5.82 Å². The van der Waals surface area contributed by atoms with Gasteiger partial charge in [-0.3, -0.25) is 14.5 Å². The number of nitrogens with zero attached hydrogens (tertiary/aromatic N) is 6. The number of carbonyl (C=O) groups is 2. The fraction of sp³-hybridized carbons (Fsp3) is 0.379. The fourth-order valence-electron chi connectivity index (χ4n) is 5.39. The first-order valence-corrected chi connectivity index (χ1v) is 14.4. The van der Waals surface area contributed by atoms with Crippen molar-refractivity contribution in [3.8, 4) is 11.6 Å². The largest absolute Gasteiger partial charge is 0.417 e. The Labute approximate surface area is 236 Å². The second-order valence-corrected chi connectivity index (χ2v) is 11.6. The molecule has 10 nitrogen and oxygen atoms in total. The Morgan fingerprint density at radius 1 is 1.15 bits per heavy atom. The maximum Gasteiger partial charge on any atom is 0.266 e. The van der Waals surface area contributed by atoms with Crippen LogP contribution in [-0.2, 0) is 16.8 Å². The van der Waals surface area contributed by atoms with Crippen LogP contribution in [0.3, 0.4) is 0 Å². The third-order valence-corrected chi connectivity index (χ3v) is 8.45. The summed E-state index contributed by atoms with van der Waals surface area (Å²) in [6.45, 7) is 4.97. The third-order valence-electron chi connectivity index (χ3n) is 7.39. The fourth-order valence-corrected chi connectivity index (χ4v) is 6.33. The first-order chi connectivity index (χ1) is 19.3. The van der Waals surface area contributed by atoms with Crippen molar-refractivity contribution in [1.82, 2.24) is 25.1 Å². The lowest BCUT2D eigenvalue weighted by Crippen LogP contribution is -2.35. The number of carbonyl (C=O) groups excluding carboxylic acids is 2. The number of pyridine rings is 1. The normalized spacial score (nSPS) is 18.9. The van der Waals surface area contributed by atoms with E-state index in [1.807, 2.05) is 54.5 Å². The van der Waals surface area contributed by atoms with Gasteiger partial charge in [-0.05, 0) is 57.2 Å². The van der Waals surface area contributed by atoms with Crippen molar-refractivity contribution < 1.29 is 14.0 Å². The molecular weight excluding hydrogens is 526 g/mol. The number of rotatable bonds is 7. The van der Waals surface area contributed by atoms with Crippen molar-refractivity contribution >= 4 is 29.0 Å². The minimum absolute atomic E-state index is 0.0241. The lowest BCUT2D eigenvalue weighted by atomic mass is 9.94. The molecule has 0 bridgehead atoms. The number of hydrogen-bond acceptors (Lipinski definition) is 9. The van der Waals surface area contributed by atoms with Gasteiger partial charge in [-0.15, -0.1) is 21.5 Å². The molecular formula is C29H31N7O3S. The number of thiazole rings is 1. The van der Waals surface area contributed by atoms with Crippen LogP contribution < -0.4 is 10.6 Å². The molecule has 40 heavy (non-hydrogen) atoms. The standard InChI is InChI=1S/C29H31N7O3S/c1-18-17-40-26(31-18)22-10-6-12-35(22)27(38)20-14-21(32-23(15-20)36-13-7-11-24(36)37)25-33-34-28(39-25)29(2,30)16-19-8-4-3-5-9-19/h3-5,8-9,14-15,17,22H,6-7,10-13,16,30H2,1-2H3. The molecule has 5 heterocycles. The number of aryl methyl sites for hydroxylation is 1. The van der Waals surface area contributed by atoms with E-state index in [9.17, 15) is 9.59 Å². The smallest absolute Gasteiger partial charge is 0.266 e. The Bertz CT molecular complexity index is 1550. The van der Waals surface area contributed by atoms with Gasteiger partial charge in [0.1, 0.15) is 16.5 Å². The summed E-state index contributed by atoms with van der Waals surface area (Å²) in [6.07, 6.45) is 3.44. The molecule has 0 saturated carbocycles. The van der Waals surface area contributed by atoms with E-state index < -0.39 is 5.54 Å². The average Bonchev–Trinajstić information content (AvgIpc) is 3.75. The van der Waals surface area contributed by atoms with Crippen LogP contribution in [0.1, 0.15) is 71.2 Å². The van der Waals surface area contributed by atoms with Crippen molar-refractivity contribution in [2.45, 2.75) is 57.5 Å². The number of anilines is 1. The monoisotopic (exact) mass is 557 g/mol. The molecule has 1 aromatic carbocycles. The van der Waals surface area contributed by atoms with Gasteiger partial charge in [-0.2, -0.15) is 0 Å². The Morgan fingerprint density at radius 3 is 2.70 bits per heavy atom. The number of nitrogens with two attached hydrogens (primary N) is 1. The van der Waals surface area contributed by atoms with Crippen molar-refractivity contribution in [3.63, 3.8) is 0 Å². The summed E-state index contributed by atoms with van der Waals surface area (Å²) in [5.41, 5.74) is 8.43. The number of hydrogen-bond donors (Lipinski definition) is 1. The third kappa shape index (κ3) is 5.14. The SMILES string of the molecule is Cc1csc(C2CCCN2C(=O)c2cc(-c3nnc(C(C)(N)Cc4ccccc4)o3)nc(N3CCCC3=O)c2)n1. The van der Waals surface area contributed by atoms with Gasteiger partial charge in [-0.25, -0.2) is 9.97 Å². The number of amides is 2. The molecule has 2 saturated heterocycles. The molecule has 3 aromatic heterocycles. The van der Waals surface area contributed by atoms with Gasteiger partial charge in [-0.1, -0.05) is 30.3 Å². The highest BCUT2D eigenvalue weighted by molar-refractivity contribution is 7.09. The van der Waals surface area contributed by atoms with E-state index in [1.54, 1.807) is 28.4 Å². The molecule has 206 valence electrons. The average molecular weight is 558 g/mol. The summed E-state index contributed by atoms with van der Waals surface area (Å²) in [5, 5.41) is 11.4. The van der Waals surface area contributed by atoms with Gasteiger partial charge >= 0.3 is 0 Å². The zero-order valence-corrected chi connectivity index (χ0v) is 23.4. The molecule has 2 atom stereocenters. The maximum atomic E-state index is 13.9. The molecule has 2 N–H and O–H groups in total. The Kier molecular flexibility index (Phi) is 6.93. The van der Waals surface area contributed by atoms with E-state index in [2.05, 4.69) is 15.2 Å². The molecule has 4 aromatic rings. The summed E-state index contributed by atoms with van der Waals surface area (Å²) in [5.74, 6) is 0.658. The predicted molar refractivity (Wildman–Crippen MR) is 151 cm³/mol. The number of aromatic nitrogens is 4. The molecule has 2 fully saturated rings. The predicted octanol–water partition coefficient (Wildman–Crippen LogP) is 4.42. The van der Waals surface area contributed by atoms with E-state index in [1.165, 1.54) is 0 Å². The molecule has 2 amide bonds. The molecule has 2 unspecified atom stereocenters. The quantitative estimate of drug-likeness (QED) is 0.353. The van der Waals surface area contributed by atoms with Crippen LogP contribution in [0.25, 0.3) is 11.6 Å². The Morgan fingerprint density at radius 2 is 1.98 bits per heavy atom. The highest BCUT2D eigenvalue weighted by atomic mass is 32.1. The van der Waals surface area contributed by atoms with Crippen LogP contribution in [0, 0.1) is 6.92 Å². The van der Waals surface area contributed by atoms with Crippen molar-refractivity contribution in [3.05, 3.63) is 75.6 Å². The van der Waals surface area contributed by atoms with Gasteiger partial charge in [0.2, 0.25) is 11.8 Å². The number of likely N-dealkylation sites (tertiary alicyclic amines) is 1. The minimum Gasteiger partial charge on any atom is -0.417 e. The van der Waals surface area contributed by atoms with Crippen LogP contribution in [0.2, 0.25) is 0 Å². The Balaban J connectivity index is 1.35. The van der Waals surface area contributed by atoms with E-state index in [0.29, 0.717) is 43.0 Å². The highest BCUT2D eigenvalue weighted by Gasteiger charge is 2.34. The maximum absolute atomic E-state index is 13.9. The highest BCUT2D eigenvalue weighted by Crippen LogP contribution is 2.36. The van der Waals surface area contributed by atoms with Gasteiger partial charge in [0, 0.05) is 36.1 Å². The van der Waals surface area contributed by atoms with Gasteiger partial charge < -0.3 is 15.1 Å². The first kappa shape index (κ1) is 26.3. The van der Waals surface area contributed by atoms with Gasteiger partial charge in [0.05, 0.1) is 11.6 Å². The zero-order valence-electron chi connectivity index (χ0n) is 22.5. The lowest BCUT2D eigenvalue weighted by molar-refractivity contribution is -0.117. The number of benzene rings is 1. The summed E-state index contributed by atoms with van der Waals surface area (Å²) in [4.78, 5) is 39.4. The van der Waals surface area contributed by atoms with Gasteiger partial charge in [0.15, 0.2) is 0 Å². The van der Waals surface area contributed by atoms with Crippen LogP contribution in [0.15, 0.2) is 52.3 Å². The summed E-state index contributed by atoms with van der Waals surface area (Å²) in [7, 11) is 0. The van der Waals surface area contributed by atoms with Crippen molar-refractivity contribution in [2.75, 3.05) is 18.0 Å². The Hall–Kier alpha value is -3.96. The molecule has 0 aliphatic carbocycles. The summed E-state index contributed by atoms with van der Waals surface area (Å²) >= 11 is 1.58. The summed E-state index contributed by atoms with van der Waals surface area (Å²) in [6, 6.07) is 13.1. The van der Waals surface area contributed by atoms with Crippen LogP contribution in [-0.4, -0.2) is 50.0 Å². The second kappa shape index (κ2) is 10.5. The molecule has 2 aliphatic rings. The summed E-state index contributed by atoms with van der Waals surface area (Å²) < 4.78 is 6.06. The van der Waals surface area contributed by atoms with E-state index in [4.69, 9.17) is 15.1 Å². The molecule has 6 rings (SSSR count). The van der Waals surface area contributed by atoms with E-state index >= 15 is 0 Å². The minimum atomic E-state index is -0.914. The van der Waals surface area contributed by atoms with Crippen molar-refractivity contribution in [2.24, 2.45) is 5.73 Å². The lowest BCUT2D eigenvalue weighted by Gasteiger charge is -2.24. The van der Waals surface area contributed by atoms with Crippen LogP contribution in [0.5, 0.6) is 0 Å². The van der Waals surface area contributed by atoms with E-state index in [-0.39, 0.29) is 29.6 Å². The molecule has 11 heteroatoms. The second-order valence-electron chi connectivity index (χ2n) is 10.7. The zero-order chi connectivity index (χ0) is 27.9.